The van der Waals surface area contributed by atoms with Crippen molar-refractivity contribution in [2.75, 3.05) is 5.32 Å². The van der Waals surface area contributed by atoms with Crippen LogP contribution >= 0.6 is 11.6 Å². The molecule has 0 aliphatic carbocycles. The summed E-state index contributed by atoms with van der Waals surface area (Å²) in [6, 6.07) is 11.3. The second-order valence-electron chi connectivity index (χ2n) is 6.49. The van der Waals surface area contributed by atoms with E-state index in [2.05, 4.69) is 10.5 Å². The Hall–Kier alpha value is -2.79. The summed E-state index contributed by atoms with van der Waals surface area (Å²) < 4.78 is 11.2. The third-order valence-electron chi connectivity index (χ3n) is 4.42. The number of nitrogens with zero attached hydrogens (tertiary/aromatic N) is 1. The summed E-state index contributed by atoms with van der Waals surface area (Å²) >= 11 is 6.02. The number of hydrogen-bond acceptors (Lipinski definition) is 4. The minimum Gasteiger partial charge on any atom is -0.488 e. The number of benzene rings is 2. The Balaban J connectivity index is 1.82. The maximum atomic E-state index is 12.7. The highest BCUT2D eigenvalue weighted by Gasteiger charge is 2.21. The second kappa shape index (κ2) is 7.84. The molecule has 0 aliphatic rings. The van der Waals surface area contributed by atoms with Crippen molar-refractivity contribution in [3.05, 3.63) is 75.1 Å². The van der Waals surface area contributed by atoms with Gasteiger partial charge in [0.1, 0.15) is 18.1 Å². The average Bonchev–Trinajstić information content (AvgIpc) is 2.98. The maximum absolute atomic E-state index is 12.7. The molecule has 1 amide bonds. The molecule has 0 atom stereocenters. The van der Waals surface area contributed by atoms with Crippen molar-refractivity contribution in [3.8, 4) is 5.75 Å². The van der Waals surface area contributed by atoms with E-state index in [4.69, 9.17) is 20.9 Å². The number of ether oxygens (including phenoxy) is 1. The minimum atomic E-state index is -0.364. The molecule has 0 fully saturated rings. The fourth-order valence-corrected chi connectivity index (χ4v) is 2.99. The monoisotopic (exact) mass is 384 g/mol. The van der Waals surface area contributed by atoms with Gasteiger partial charge in [0.2, 0.25) is 0 Å². The van der Waals surface area contributed by atoms with Gasteiger partial charge in [0.25, 0.3) is 5.91 Å². The van der Waals surface area contributed by atoms with Gasteiger partial charge in [-0.25, -0.2) is 0 Å². The van der Waals surface area contributed by atoms with Crippen LogP contribution < -0.4 is 10.1 Å². The molecule has 140 valence electrons. The Labute approximate surface area is 163 Å². The lowest BCUT2D eigenvalue weighted by Crippen LogP contribution is -2.16. The Morgan fingerprint density at radius 3 is 2.52 bits per heavy atom. The number of halogens is 1. The zero-order valence-corrected chi connectivity index (χ0v) is 16.5. The minimum absolute atomic E-state index is 0.193. The summed E-state index contributed by atoms with van der Waals surface area (Å²) in [6.45, 7) is 7.82. The number of hydrogen-bond donors (Lipinski definition) is 1. The molecule has 0 saturated heterocycles. The fourth-order valence-electron chi connectivity index (χ4n) is 2.82. The van der Waals surface area contributed by atoms with Gasteiger partial charge in [-0.15, -0.1) is 0 Å². The number of carbonyl (C=O) groups is 1. The van der Waals surface area contributed by atoms with E-state index in [1.807, 2.05) is 45.0 Å². The fraction of sp³-hybridized carbons (Fsp3) is 0.238. The third-order valence-corrected chi connectivity index (χ3v) is 4.65. The van der Waals surface area contributed by atoms with Crippen LogP contribution in [0.3, 0.4) is 0 Å². The standard InChI is InChI=1S/C21H21ClN2O3/c1-12-8-9-16(22)10-18(12)23-21(25)19-17(15(4)27-24-19)11-26-20-13(2)6-5-7-14(20)3/h5-10H,11H2,1-4H3,(H,23,25). The number of rotatable bonds is 5. The van der Waals surface area contributed by atoms with E-state index in [-0.39, 0.29) is 18.2 Å². The number of aromatic nitrogens is 1. The second-order valence-corrected chi connectivity index (χ2v) is 6.93. The van der Waals surface area contributed by atoms with Gasteiger partial charge in [-0.05, 0) is 56.5 Å². The van der Waals surface area contributed by atoms with Gasteiger partial charge in [-0.1, -0.05) is 41.0 Å². The summed E-state index contributed by atoms with van der Waals surface area (Å²) in [7, 11) is 0. The van der Waals surface area contributed by atoms with Crippen LogP contribution in [0.2, 0.25) is 5.02 Å². The van der Waals surface area contributed by atoms with Crippen molar-refractivity contribution in [2.45, 2.75) is 34.3 Å². The van der Waals surface area contributed by atoms with Gasteiger partial charge in [-0.2, -0.15) is 0 Å². The Kier molecular flexibility index (Phi) is 5.51. The highest BCUT2D eigenvalue weighted by molar-refractivity contribution is 6.31. The highest BCUT2D eigenvalue weighted by atomic mass is 35.5. The van der Waals surface area contributed by atoms with E-state index in [1.54, 1.807) is 19.1 Å². The molecular formula is C21H21ClN2O3. The van der Waals surface area contributed by atoms with Gasteiger partial charge in [0.15, 0.2) is 5.69 Å². The van der Waals surface area contributed by atoms with Crippen LogP contribution in [-0.2, 0) is 6.61 Å². The van der Waals surface area contributed by atoms with Crippen molar-refractivity contribution in [2.24, 2.45) is 0 Å². The molecule has 0 bridgehead atoms. The first-order chi connectivity index (χ1) is 12.9. The van der Waals surface area contributed by atoms with Crippen LogP contribution in [0.5, 0.6) is 5.75 Å². The lowest BCUT2D eigenvalue weighted by atomic mass is 10.1. The topological polar surface area (TPSA) is 64.4 Å². The lowest BCUT2D eigenvalue weighted by molar-refractivity contribution is 0.101. The molecule has 5 nitrogen and oxygen atoms in total. The molecule has 0 unspecified atom stereocenters. The van der Waals surface area contributed by atoms with Crippen LogP contribution in [0, 0.1) is 27.7 Å². The molecule has 1 N–H and O–H groups in total. The number of amides is 1. The van der Waals surface area contributed by atoms with Gasteiger partial charge < -0.3 is 14.6 Å². The van der Waals surface area contributed by atoms with Crippen LogP contribution in [0.4, 0.5) is 5.69 Å². The Morgan fingerprint density at radius 1 is 1.11 bits per heavy atom. The molecule has 1 heterocycles. The largest absolute Gasteiger partial charge is 0.488 e. The normalized spacial score (nSPS) is 10.7. The van der Waals surface area contributed by atoms with E-state index in [0.29, 0.717) is 22.0 Å². The van der Waals surface area contributed by atoms with E-state index in [9.17, 15) is 4.79 Å². The first-order valence-electron chi connectivity index (χ1n) is 8.58. The Morgan fingerprint density at radius 2 is 1.81 bits per heavy atom. The van der Waals surface area contributed by atoms with Crippen molar-refractivity contribution >= 4 is 23.2 Å². The van der Waals surface area contributed by atoms with Crippen LogP contribution in [-0.4, -0.2) is 11.1 Å². The van der Waals surface area contributed by atoms with E-state index in [1.165, 1.54) is 0 Å². The molecule has 6 heteroatoms. The van der Waals surface area contributed by atoms with E-state index < -0.39 is 0 Å². The average molecular weight is 385 g/mol. The van der Waals surface area contributed by atoms with Gasteiger partial charge >= 0.3 is 0 Å². The van der Waals surface area contributed by atoms with E-state index >= 15 is 0 Å². The van der Waals surface area contributed by atoms with Crippen molar-refractivity contribution < 1.29 is 14.1 Å². The zero-order valence-electron chi connectivity index (χ0n) is 15.7. The van der Waals surface area contributed by atoms with Crippen LogP contribution in [0.25, 0.3) is 0 Å². The molecule has 1 aromatic heterocycles. The molecule has 3 rings (SSSR count). The number of carbonyl (C=O) groups excluding carboxylic acids is 1. The predicted octanol–water partition coefficient (Wildman–Crippen LogP) is 5.39. The van der Waals surface area contributed by atoms with Crippen molar-refractivity contribution in [3.63, 3.8) is 0 Å². The molecule has 3 aromatic rings. The molecule has 2 aromatic carbocycles. The quantitative estimate of drug-likeness (QED) is 0.640. The smallest absolute Gasteiger partial charge is 0.278 e. The first-order valence-corrected chi connectivity index (χ1v) is 8.96. The van der Waals surface area contributed by atoms with Crippen molar-refractivity contribution in [1.29, 1.82) is 0 Å². The number of aryl methyl sites for hydroxylation is 4. The molecular weight excluding hydrogens is 364 g/mol. The van der Waals surface area contributed by atoms with E-state index in [0.717, 1.165) is 22.4 Å². The summed E-state index contributed by atoms with van der Waals surface area (Å²) in [5.74, 6) is 0.988. The first kappa shape index (κ1) is 19.0. The Bertz CT molecular complexity index is 975. The summed E-state index contributed by atoms with van der Waals surface area (Å²) in [4.78, 5) is 12.7. The molecule has 0 aliphatic heterocycles. The molecule has 0 radical (unpaired) electrons. The van der Waals surface area contributed by atoms with Gasteiger partial charge in [0.05, 0.1) is 5.56 Å². The third kappa shape index (κ3) is 4.14. The lowest BCUT2D eigenvalue weighted by Gasteiger charge is -2.12. The van der Waals surface area contributed by atoms with Crippen LogP contribution in [0.15, 0.2) is 40.9 Å². The van der Waals surface area contributed by atoms with Crippen molar-refractivity contribution in [1.82, 2.24) is 5.16 Å². The summed E-state index contributed by atoms with van der Waals surface area (Å²) in [5.41, 5.74) is 4.43. The highest BCUT2D eigenvalue weighted by Crippen LogP contribution is 2.26. The number of nitrogens with one attached hydrogen (secondary N) is 1. The van der Waals surface area contributed by atoms with Crippen LogP contribution in [0.1, 0.15) is 38.5 Å². The van der Waals surface area contributed by atoms with Gasteiger partial charge in [0, 0.05) is 10.7 Å². The molecule has 0 saturated carbocycles. The summed E-state index contributed by atoms with van der Waals surface area (Å²) in [5, 5.41) is 7.31. The van der Waals surface area contributed by atoms with Gasteiger partial charge in [-0.3, -0.25) is 4.79 Å². The number of anilines is 1. The number of para-hydroxylation sites is 1. The predicted molar refractivity (Wildman–Crippen MR) is 106 cm³/mol. The zero-order chi connectivity index (χ0) is 19.6. The molecule has 0 spiro atoms. The maximum Gasteiger partial charge on any atom is 0.278 e. The SMILES string of the molecule is Cc1ccc(Cl)cc1NC(=O)c1noc(C)c1COc1c(C)cccc1C. The molecule has 27 heavy (non-hydrogen) atoms. The summed E-state index contributed by atoms with van der Waals surface area (Å²) in [6.07, 6.45) is 0.